The summed E-state index contributed by atoms with van der Waals surface area (Å²) in [6.07, 6.45) is 3.19. The number of aryl methyl sites for hydroxylation is 1. The van der Waals surface area contributed by atoms with Gasteiger partial charge in [0.1, 0.15) is 0 Å². The predicted molar refractivity (Wildman–Crippen MR) is 62.1 cm³/mol. The van der Waals surface area contributed by atoms with E-state index in [0.29, 0.717) is 6.54 Å². The van der Waals surface area contributed by atoms with Crippen molar-refractivity contribution >= 4 is 9.84 Å². The van der Waals surface area contributed by atoms with Gasteiger partial charge in [0.15, 0.2) is 14.9 Å². The molecule has 16 heavy (non-hydrogen) atoms. The summed E-state index contributed by atoms with van der Waals surface area (Å²) in [4.78, 5) is 3.97. The summed E-state index contributed by atoms with van der Waals surface area (Å²) in [6, 6.07) is 3.45. The van der Waals surface area contributed by atoms with Gasteiger partial charge in [0, 0.05) is 12.7 Å². The van der Waals surface area contributed by atoms with Gasteiger partial charge < -0.3 is 5.32 Å². The second-order valence-corrected chi connectivity index (χ2v) is 6.36. The molecule has 1 N–H and O–H groups in total. The Morgan fingerprint density at radius 1 is 1.50 bits per heavy atom. The fourth-order valence-electron chi connectivity index (χ4n) is 1.92. The molecular formula is C11H16N2O2S. The lowest BCUT2D eigenvalue weighted by molar-refractivity contribution is 0.495. The molecule has 1 aromatic heterocycles. The Kier molecular flexibility index (Phi) is 3.25. The van der Waals surface area contributed by atoms with Crippen molar-refractivity contribution in [1.29, 1.82) is 0 Å². The molecule has 0 unspecified atom stereocenters. The van der Waals surface area contributed by atoms with E-state index in [9.17, 15) is 8.42 Å². The van der Waals surface area contributed by atoms with E-state index in [-0.39, 0.29) is 10.3 Å². The van der Waals surface area contributed by atoms with Crippen LogP contribution < -0.4 is 5.32 Å². The monoisotopic (exact) mass is 240 g/mol. The van der Waals surface area contributed by atoms with Gasteiger partial charge in [0.2, 0.25) is 0 Å². The first kappa shape index (κ1) is 11.5. The molecule has 2 rings (SSSR count). The van der Waals surface area contributed by atoms with Crippen molar-refractivity contribution in [3.8, 4) is 0 Å². The van der Waals surface area contributed by atoms with Gasteiger partial charge in [-0.2, -0.15) is 0 Å². The zero-order chi connectivity index (χ0) is 11.6. The van der Waals surface area contributed by atoms with Crippen LogP contribution in [0.5, 0.6) is 0 Å². The third-order valence-corrected chi connectivity index (χ3v) is 4.96. The number of hydrogen-bond acceptors (Lipinski definition) is 4. The summed E-state index contributed by atoms with van der Waals surface area (Å²) in [6.45, 7) is 3.32. The Labute approximate surface area is 96.0 Å². The molecule has 1 atom stereocenters. The van der Waals surface area contributed by atoms with Gasteiger partial charge in [-0.15, -0.1) is 0 Å². The maximum Gasteiger partial charge on any atom is 0.199 e. The molecule has 0 amide bonds. The van der Waals surface area contributed by atoms with Gasteiger partial charge in [0.05, 0.1) is 5.25 Å². The van der Waals surface area contributed by atoms with Crippen molar-refractivity contribution in [3.63, 3.8) is 0 Å². The van der Waals surface area contributed by atoms with Crippen molar-refractivity contribution in [2.75, 3.05) is 13.1 Å². The summed E-state index contributed by atoms with van der Waals surface area (Å²) < 4.78 is 24.5. The minimum Gasteiger partial charge on any atom is -0.315 e. The van der Waals surface area contributed by atoms with Crippen molar-refractivity contribution in [2.45, 2.75) is 30.0 Å². The quantitative estimate of drug-likeness (QED) is 0.835. The lowest BCUT2D eigenvalue weighted by Crippen LogP contribution is -2.39. The molecule has 0 bridgehead atoms. The lowest BCUT2D eigenvalue weighted by atomic mass is 10.2. The van der Waals surface area contributed by atoms with Crippen molar-refractivity contribution in [2.24, 2.45) is 0 Å². The Hall–Kier alpha value is -0.940. The molecule has 0 aromatic carbocycles. The van der Waals surface area contributed by atoms with Gasteiger partial charge in [-0.3, -0.25) is 0 Å². The molecule has 88 valence electrons. The molecule has 1 saturated heterocycles. The SMILES string of the molecule is Cc1ccnc(S(=O)(=O)[C@H]2CCCNC2)c1. The van der Waals surface area contributed by atoms with Crippen LogP contribution in [0.4, 0.5) is 0 Å². The summed E-state index contributed by atoms with van der Waals surface area (Å²) in [5.74, 6) is 0. The lowest BCUT2D eigenvalue weighted by Gasteiger charge is -2.22. The maximum atomic E-state index is 12.2. The van der Waals surface area contributed by atoms with Gasteiger partial charge >= 0.3 is 0 Å². The fraction of sp³-hybridized carbons (Fsp3) is 0.545. The largest absolute Gasteiger partial charge is 0.315 e. The Balaban J connectivity index is 2.30. The number of hydrogen-bond donors (Lipinski definition) is 1. The molecule has 0 spiro atoms. The normalized spacial score (nSPS) is 21.9. The number of rotatable bonds is 2. The smallest absolute Gasteiger partial charge is 0.199 e. The summed E-state index contributed by atoms with van der Waals surface area (Å²) in [5.41, 5.74) is 0.928. The van der Waals surface area contributed by atoms with Gasteiger partial charge in [-0.25, -0.2) is 13.4 Å². The van der Waals surface area contributed by atoms with E-state index in [4.69, 9.17) is 0 Å². The van der Waals surface area contributed by atoms with Crippen molar-refractivity contribution < 1.29 is 8.42 Å². The van der Waals surface area contributed by atoms with E-state index in [0.717, 1.165) is 24.9 Å². The second-order valence-electron chi connectivity index (χ2n) is 4.18. The van der Waals surface area contributed by atoms with E-state index < -0.39 is 9.84 Å². The van der Waals surface area contributed by atoms with E-state index in [1.54, 1.807) is 18.3 Å². The molecule has 0 radical (unpaired) electrons. The molecular weight excluding hydrogens is 224 g/mol. The average molecular weight is 240 g/mol. The number of nitrogens with one attached hydrogen (secondary N) is 1. The third kappa shape index (κ3) is 2.25. The van der Waals surface area contributed by atoms with Crippen LogP contribution in [0.1, 0.15) is 18.4 Å². The van der Waals surface area contributed by atoms with Crippen LogP contribution in [0.2, 0.25) is 0 Å². The Morgan fingerprint density at radius 2 is 2.31 bits per heavy atom. The topological polar surface area (TPSA) is 59.1 Å². The summed E-state index contributed by atoms with van der Waals surface area (Å²) in [7, 11) is -3.26. The van der Waals surface area contributed by atoms with Crippen LogP contribution in [0.25, 0.3) is 0 Å². The van der Waals surface area contributed by atoms with Gasteiger partial charge in [0.25, 0.3) is 0 Å². The highest BCUT2D eigenvalue weighted by atomic mass is 32.2. The first-order valence-electron chi connectivity index (χ1n) is 5.48. The van der Waals surface area contributed by atoms with E-state index in [1.807, 2.05) is 6.92 Å². The number of pyridine rings is 1. The molecule has 2 heterocycles. The zero-order valence-corrected chi connectivity index (χ0v) is 10.1. The number of aromatic nitrogens is 1. The molecule has 0 aliphatic carbocycles. The molecule has 1 aliphatic heterocycles. The molecule has 0 saturated carbocycles. The fourth-order valence-corrected chi connectivity index (χ4v) is 3.63. The Morgan fingerprint density at radius 3 is 2.94 bits per heavy atom. The molecule has 1 aromatic rings. The molecule has 5 heteroatoms. The van der Waals surface area contributed by atoms with Crippen LogP contribution in [-0.4, -0.2) is 31.7 Å². The van der Waals surface area contributed by atoms with Crippen molar-refractivity contribution in [3.05, 3.63) is 23.9 Å². The van der Waals surface area contributed by atoms with E-state index >= 15 is 0 Å². The van der Waals surface area contributed by atoms with Gasteiger partial charge in [-0.1, -0.05) is 0 Å². The minimum absolute atomic E-state index is 0.209. The van der Waals surface area contributed by atoms with Crippen molar-refractivity contribution in [1.82, 2.24) is 10.3 Å². The zero-order valence-electron chi connectivity index (χ0n) is 9.31. The number of nitrogens with zero attached hydrogens (tertiary/aromatic N) is 1. The molecule has 1 fully saturated rings. The maximum absolute atomic E-state index is 12.2. The van der Waals surface area contributed by atoms with E-state index in [2.05, 4.69) is 10.3 Å². The number of piperidine rings is 1. The van der Waals surface area contributed by atoms with Crippen LogP contribution in [0, 0.1) is 6.92 Å². The van der Waals surface area contributed by atoms with Crippen LogP contribution >= 0.6 is 0 Å². The van der Waals surface area contributed by atoms with Crippen LogP contribution in [0.3, 0.4) is 0 Å². The summed E-state index contributed by atoms with van der Waals surface area (Å²) in [5, 5.41) is 3.00. The molecule has 1 aliphatic rings. The van der Waals surface area contributed by atoms with Gasteiger partial charge in [-0.05, 0) is 44.0 Å². The standard InChI is InChI=1S/C11H16N2O2S/c1-9-4-6-13-11(7-9)16(14,15)10-3-2-5-12-8-10/h4,6-7,10,12H,2-3,5,8H2,1H3/t10-/m0/s1. The highest BCUT2D eigenvalue weighted by Crippen LogP contribution is 2.19. The highest BCUT2D eigenvalue weighted by molar-refractivity contribution is 7.92. The second kappa shape index (κ2) is 4.51. The first-order valence-corrected chi connectivity index (χ1v) is 7.02. The average Bonchev–Trinajstić information content (AvgIpc) is 2.30. The minimum atomic E-state index is -3.26. The van der Waals surface area contributed by atoms with Crippen LogP contribution in [0.15, 0.2) is 23.4 Å². The Bertz CT molecular complexity index is 465. The number of sulfone groups is 1. The first-order chi connectivity index (χ1) is 7.60. The van der Waals surface area contributed by atoms with E-state index in [1.165, 1.54) is 0 Å². The third-order valence-electron chi connectivity index (χ3n) is 2.87. The predicted octanol–water partition coefficient (Wildman–Crippen LogP) is 0.916. The molecule has 4 nitrogen and oxygen atoms in total. The van der Waals surface area contributed by atoms with Crippen LogP contribution in [-0.2, 0) is 9.84 Å². The highest BCUT2D eigenvalue weighted by Gasteiger charge is 2.29. The summed E-state index contributed by atoms with van der Waals surface area (Å²) >= 11 is 0.